The topological polar surface area (TPSA) is 67.2 Å². The average Bonchev–Trinajstić information content (AvgIpc) is 2.81. The van der Waals surface area contributed by atoms with Gasteiger partial charge in [-0.2, -0.15) is 5.10 Å². The van der Waals surface area contributed by atoms with E-state index in [-0.39, 0.29) is 29.8 Å². The van der Waals surface area contributed by atoms with Crippen molar-refractivity contribution in [3.63, 3.8) is 0 Å². The van der Waals surface area contributed by atoms with Crippen LogP contribution in [0.1, 0.15) is 48.9 Å². The number of carbonyl (C=O) groups excluding carboxylic acids is 1. The number of carbonyl (C=O) groups is 1. The Bertz CT molecular complexity index is 745. The van der Waals surface area contributed by atoms with Crippen LogP contribution in [-0.2, 0) is 0 Å². The summed E-state index contributed by atoms with van der Waals surface area (Å²) in [4.78, 5) is 12.7. The van der Waals surface area contributed by atoms with E-state index in [0.717, 1.165) is 0 Å². The summed E-state index contributed by atoms with van der Waals surface area (Å²) in [6, 6.07) is 5.63. The number of hydrogen-bond acceptors (Lipinski definition) is 3. The molecular formula is C19H26FN3O2. The molecule has 1 unspecified atom stereocenters. The minimum Gasteiger partial charge on any atom is -0.394 e. The van der Waals surface area contributed by atoms with E-state index < -0.39 is 0 Å². The van der Waals surface area contributed by atoms with E-state index in [1.54, 1.807) is 30.7 Å². The molecule has 0 radical (unpaired) electrons. The van der Waals surface area contributed by atoms with Crippen molar-refractivity contribution in [1.29, 1.82) is 0 Å². The monoisotopic (exact) mass is 347 g/mol. The fourth-order valence-corrected chi connectivity index (χ4v) is 2.96. The number of aliphatic hydroxyl groups is 1. The van der Waals surface area contributed by atoms with Gasteiger partial charge in [0.1, 0.15) is 5.82 Å². The van der Waals surface area contributed by atoms with Crippen molar-refractivity contribution >= 4 is 5.91 Å². The van der Waals surface area contributed by atoms with E-state index in [2.05, 4.69) is 31.2 Å². The Morgan fingerprint density at radius 2 is 1.88 bits per heavy atom. The number of aryl methyl sites for hydroxylation is 1. The number of benzene rings is 1. The maximum Gasteiger partial charge on any atom is 0.255 e. The highest BCUT2D eigenvalue weighted by Gasteiger charge is 2.24. The molecule has 1 heterocycles. The first-order valence-electron chi connectivity index (χ1n) is 8.36. The molecule has 0 aliphatic carbocycles. The summed E-state index contributed by atoms with van der Waals surface area (Å²) in [5, 5.41) is 16.9. The van der Waals surface area contributed by atoms with Crippen LogP contribution in [0.5, 0.6) is 0 Å². The Morgan fingerprint density at radius 3 is 2.40 bits per heavy atom. The summed E-state index contributed by atoms with van der Waals surface area (Å²) in [5.41, 5.74) is 2.43. The number of amides is 1. The smallest absolute Gasteiger partial charge is 0.255 e. The van der Waals surface area contributed by atoms with Gasteiger partial charge in [-0.1, -0.05) is 20.8 Å². The summed E-state index contributed by atoms with van der Waals surface area (Å²) in [5.74, 6) is -0.581. The maximum atomic E-state index is 13.1. The molecule has 0 aliphatic heterocycles. The minimum absolute atomic E-state index is 0.0109. The van der Waals surface area contributed by atoms with E-state index in [0.29, 0.717) is 29.1 Å². The molecule has 2 N–H and O–H groups in total. The van der Waals surface area contributed by atoms with Gasteiger partial charge < -0.3 is 10.4 Å². The number of aliphatic hydroxyl groups excluding tert-OH is 1. The molecule has 0 fully saturated rings. The standard InChI is InChI=1S/C19H26FN3O2/c1-12-17(18(25)21-15(11-24)10-19(3,4)5)13(2)23(22-12)16-8-6-14(20)7-9-16/h6-9,15,24H,10-11H2,1-5H3,(H,21,25). The lowest BCUT2D eigenvalue weighted by Gasteiger charge is -2.25. The predicted molar refractivity (Wildman–Crippen MR) is 95.4 cm³/mol. The Labute approximate surface area is 147 Å². The number of hydrogen-bond donors (Lipinski definition) is 2. The van der Waals surface area contributed by atoms with Gasteiger partial charge in [0.05, 0.1) is 35.3 Å². The predicted octanol–water partition coefficient (Wildman–Crippen LogP) is 3.16. The van der Waals surface area contributed by atoms with Crippen molar-refractivity contribution in [2.75, 3.05) is 6.61 Å². The molecular weight excluding hydrogens is 321 g/mol. The lowest BCUT2D eigenvalue weighted by atomic mass is 9.88. The lowest BCUT2D eigenvalue weighted by Crippen LogP contribution is -2.40. The summed E-state index contributed by atoms with van der Waals surface area (Å²) in [6.07, 6.45) is 0.666. The summed E-state index contributed by atoms with van der Waals surface area (Å²) < 4.78 is 14.7. The highest BCUT2D eigenvalue weighted by atomic mass is 19.1. The van der Waals surface area contributed by atoms with Gasteiger partial charge in [-0.25, -0.2) is 9.07 Å². The van der Waals surface area contributed by atoms with Crippen LogP contribution in [0.2, 0.25) is 0 Å². The molecule has 6 heteroatoms. The van der Waals surface area contributed by atoms with E-state index in [1.807, 2.05) is 0 Å². The second-order valence-electron chi connectivity index (χ2n) is 7.55. The Hall–Kier alpha value is -2.21. The van der Waals surface area contributed by atoms with Crippen molar-refractivity contribution in [3.8, 4) is 5.69 Å². The Balaban J connectivity index is 2.27. The molecule has 0 saturated heterocycles. The number of halogens is 1. The van der Waals surface area contributed by atoms with Crippen molar-refractivity contribution in [3.05, 3.63) is 47.0 Å². The second kappa shape index (κ2) is 7.35. The van der Waals surface area contributed by atoms with Crippen LogP contribution in [0.4, 0.5) is 4.39 Å². The zero-order chi connectivity index (χ0) is 18.8. The molecule has 0 saturated carbocycles. The van der Waals surface area contributed by atoms with E-state index in [1.165, 1.54) is 12.1 Å². The zero-order valence-corrected chi connectivity index (χ0v) is 15.4. The van der Waals surface area contributed by atoms with Gasteiger partial charge in [0.25, 0.3) is 5.91 Å². The van der Waals surface area contributed by atoms with Gasteiger partial charge in [0.2, 0.25) is 0 Å². The number of nitrogens with zero attached hydrogens (tertiary/aromatic N) is 2. The highest BCUT2D eigenvalue weighted by Crippen LogP contribution is 2.22. The van der Waals surface area contributed by atoms with Crippen molar-refractivity contribution in [2.24, 2.45) is 5.41 Å². The molecule has 0 spiro atoms. The van der Waals surface area contributed by atoms with Crippen LogP contribution >= 0.6 is 0 Å². The molecule has 1 aromatic heterocycles. The van der Waals surface area contributed by atoms with Crippen LogP contribution in [0, 0.1) is 25.1 Å². The molecule has 136 valence electrons. The quantitative estimate of drug-likeness (QED) is 0.873. The minimum atomic E-state index is -0.323. The molecule has 5 nitrogen and oxygen atoms in total. The van der Waals surface area contributed by atoms with Crippen LogP contribution in [-0.4, -0.2) is 33.4 Å². The largest absolute Gasteiger partial charge is 0.394 e. The average molecular weight is 347 g/mol. The molecule has 0 bridgehead atoms. The number of rotatable bonds is 5. The third-order valence-electron chi connectivity index (χ3n) is 4.00. The maximum absolute atomic E-state index is 13.1. The Morgan fingerprint density at radius 1 is 1.28 bits per heavy atom. The van der Waals surface area contributed by atoms with E-state index in [4.69, 9.17) is 0 Å². The van der Waals surface area contributed by atoms with E-state index in [9.17, 15) is 14.3 Å². The fourth-order valence-electron chi connectivity index (χ4n) is 2.96. The fraction of sp³-hybridized carbons (Fsp3) is 0.474. The second-order valence-corrected chi connectivity index (χ2v) is 7.55. The highest BCUT2D eigenvalue weighted by molar-refractivity contribution is 5.96. The first kappa shape index (κ1) is 19.1. The summed E-state index contributed by atoms with van der Waals surface area (Å²) in [6.45, 7) is 9.63. The van der Waals surface area contributed by atoms with Gasteiger partial charge in [-0.05, 0) is 49.9 Å². The molecule has 1 aromatic carbocycles. The molecule has 1 atom stereocenters. The first-order valence-corrected chi connectivity index (χ1v) is 8.36. The summed E-state index contributed by atoms with van der Waals surface area (Å²) in [7, 11) is 0. The van der Waals surface area contributed by atoms with E-state index >= 15 is 0 Å². The van der Waals surface area contributed by atoms with Gasteiger partial charge in [-0.3, -0.25) is 4.79 Å². The van der Waals surface area contributed by atoms with Crippen LogP contribution in [0.15, 0.2) is 24.3 Å². The molecule has 1 amide bonds. The normalized spacial score (nSPS) is 12.9. The SMILES string of the molecule is Cc1nn(-c2ccc(F)cc2)c(C)c1C(=O)NC(CO)CC(C)(C)C. The molecule has 2 rings (SSSR count). The number of aromatic nitrogens is 2. The molecule has 0 aliphatic rings. The van der Waals surface area contributed by atoms with Crippen LogP contribution in [0.25, 0.3) is 5.69 Å². The van der Waals surface area contributed by atoms with Crippen molar-refractivity contribution < 1.29 is 14.3 Å². The number of nitrogens with one attached hydrogen (secondary N) is 1. The first-order chi connectivity index (χ1) is 11.6. The van der Waals surface area contributed by atoms with Crippen molar-refractivity contribution in [1.82, 2.24) is 15.1 Å². The lowest BCUT2D eigenvalue weighted by molar-refractivity contribution is 0.0896. The third-order valence-corrected chi connectivity index (χ3v) is 4.00. The third kappa shape index (κ3) is 4.66. The van der Waals surface area contributed by atoms with Gasteiger partial charge in [-0.15, -0.1) is 0 Å². The molecule has 25 heavy (non-hydrogen) atoms. The van der Waals surface area contributed by atoms with Gasteiger partial charge in [0, 0.05) is 0 Å². The zero-order valence-electron chi connectivity index (χ0n) is 15.4. The van der Waals surface area contributed by atoms with Crippen LogP contribution in [0.3, 0.4) is 0 Å². The van der Waals surface area contributed by atoms with Gasteiger partial charge >= 0.3 is 0 Å². The van der Waals surface area contributed by atoms with Gasteiger partial charge in [0.15, 0.2) is 0 Å². The molecule has 2 aromatic rings. The van der Waals surface area contributed by atoms with Crippen LogP contribution < -0.4 is 5.32 Å². The Kier molecular flexibility index (Phi) is 5.62. The summed E-state index contributed by atoms with van der Waals surface area (Å²) >= 11 is 0. The van der Waals surface area contributed by atoms with Crippen molar-refractivity contribution in [2.45, 2.75) is 47.1 Å².